The molecular weight excluding hydrogens is 245 g/mol. The standard InChI is InChI=1S/C12H15F3N2O/c1-3-17(7-12(13,14)15)9-4-5-11(16)10(6-9)8(2)18/h4-6H,3,7,16H2,1-2H3. The minimum atomic E-state index is -4.28. The monoisotopic (exact) mass is 260 g/mol. The van der Waals surface area contributed by atoms with Gasteiger partial charge in [0.2, 0.25) is 0 Å². The van der Waals surface area contributed by atoms with Crippen molar-refractivity contribution < 1.29 is 18.0 Å². The minimum absolute atomic E-state index is 0.195. The van der Waals surface area contributed by atoms with Gasteiger partial charge >= 0.3 is 6.18 Å². The van der Waals surface area contributed by atoms with Crippen LogP contribution in [0.5, 0.6) is 0 Å². The lowest BCUT2D eigenvalue weighted by molar-refractivity contribution is -0.119. The van der Waals surface area contributed by atoms with Crippen LogP contribution in [0.3, 0.4) is 0 Å². The minimum Gasteiger partial charge on any atom is -0.398 e. The summed E-state index contributed by atoms with van der Waals surface area (Å²) in [6.45, 7) is 2.09. The molecule has 0 aromatic heterocycles. The molecule has 0 aliphatic carbocycles. The van der Waals surface area contributed by atoms with Crippen LogP contribution >= 0.6 is 0 Å². The van der Waals surface area contributed by atoms with E-state index in [2.05, 4.69) is 0 Å². The highest BCUT2D eigenvalue weighted by Crippen LogP contribution is 2.25. The van der Waals surface area contributed by atoms with Gasteiger partial charge in [-0.05, 0) is 32.0 Å². The lowest BCUT2D eigenvalue weighted by atomic mass is 10.1. The van der Waals surface area contributed by atoms with Gasteiger partial charge in [0.25, 0.3) is 0 Å². The predicted molar refractivity (Wildman–Crippen MR) is 64.8 cm³/mol. The van der Waals surface area contributed by atoms with Crippen molar-refractivity contribution in [3.8, 4) is 0 Å². The molecule has 0 radical (unpaired) electrons. The molecule has 0 saturated heterocycles. The SMILES string of the molecule is CCN(CC(F)(F)F)c1ccc(N)c(C(C)=O)c1. The normalized spacial score (nSPS) is 11.4. The Hall–Kier alpha value is -1.72. The van der Waals surface area contributed by atoms with Crippen molar-refractivity contribution in [2.45, 2.75) is 20.0 Å². The molecule has 1 aromatic carbocycles. The Morgan fingerprint density at radius 2 is 2.00 bits per heavy atom. The molecule has 0 aliphatic rings. The number of hydrogen-bond acceptors (Lipinski definition) is 3. The number of Topliss-reactive ketones (excluding diaryl/α,β-unsaturated/α-hetero) is 1. The van der Waals surface area contributed by atoms with Crippen molar-refractivity contribution in [2.75, 3.05) is 23.7 Å². The molecule has 0 unspecified atom stereocenters. The van der Waals surface area contributed by atoms with E-state index in [0.717, 1.165) is 4.90 Å². The first kappa shape index (κ1) is 14.3. The summed E-state index contributed by atoms with van der Waals surface area (Å²) in [5.41, 5.74) is 6.46. The van der Waals surface area contributed by atoms with E-state index >= 15 is 0 Å². The number of carbonyl (C=O) groups excluding carboxylic acids is 1. The molecule has 2 N–H and O–H groups in total. The quantitative estimate of drug-likeness (QED) is 0.669. The van der Waals surface area contributed by atoms with E-state index in [0.29, 0.717) is 5.69 Å². The number of carbonyl (C=O) groups is 1. The molecule has 0 spiro atoms. The number of benzene rings is 1. The highest BCUT2D eigenvalue weighted by molar-refractivity contribution is 6.00. The summed E-state index contributed by atoms with van der Waals surface area (Å²) in [6.07, 6.45) is -4.28. The van der Waals surface area contributed by atoms with Gasteiger partial charge in [-0.25, -0.2) is 0 Å². The van der Waals surface area contributed by atoms with E-state index in [1.54, 1.807) is 6.92 Å². The Kier molecular flexibility index (Phi) is 4.21. The van der Waals surface area contributed by atoms with E-state index in [4.69, 9.17) is 5.73 Å². The molecule has 0 saturated carbocycles. The average molecular weight is 260 g/mol. The Morgan fingerprint density at radius 1 is 1.39 bits per heavy atom. The van der Waals surface area contributed by atoms with Gasteiger partial charge in [-0.15, -0.1) is 0 Å². The van der Waals surface area contributed by atoms with E-state index < -0.39 is 12.7 Å². The lowest BCUT2D eigenvalue weighted by Gasteiger charge is -2.25. The zero-order valence-electron chi connectivity index (χ0n) is 10.2. The molecule has 0 amide bonds. The van der Waals surface area contributed by atoms with Gasteiger partial charge < -0.3 is 10.6 Å². The van der Waals surface area contributed by atoms with Crippen LogP contribution in [0.1, 0.15) is 24.2 Å². The summed E-state index contributed by atoms with van der Waals surface area (Å²) in [4.78, 5) is 12.4. The predicted octanol–water partition coefficient (Wildman–Crippen LogP) is 2.86. The second-order valence-electron chi connectivity index (χ2n) is 3.96. The fourth-order valence-electron chi connectivity index (χ4n) is 1.65. The molecule has 6 heteroatoms. The molecule has 0 heterocycles. The number of alkyl halides is 3. The molecule has 18 heavy (non-hydrogen) atoms. The van der Waals surface area contributed by atoms with Crippen molar-refractivity contribution in [2.24, 2.45) is 0 Å². The van der Waals surface area contributed by atoms with Crippen LogP contribution in [0, 0.1) is 0 Å². The van der Waals surface area contributed by atoms with Crippen LogP contribution in [0.4, 0.5) is 24.5 Å². The topological polar surface area (TPSA) is 46.3 Å². The van der Waals surface area contributed by atoms with Gasteiger partial charge in [0.05, 0.1) is 0 Å². The third-order valence-electron chi connectivity index (χ3n) is 2.53. The van der Waals surface area contributed by atoms with Crippen LogP contribution in [0.25, 0.3) is 0 Å². The van der Waals surface area contributed by atoms with E-state index in [9.17, 15) is 18.0 Å². The molecule has 0 atom stereocenters. The smallest absolute Gasteiger partial charge is 0.398 e. The maximum absolute atomic E-state index is 12.4. The van der Waals surface area contributed by atoms with E-state index in [-0.39, 0.29) is 23.6 Å². The zero-order chi connectivity index (χ0) is 13.9. The van der Waals surface area contributed by atoms with Crippen molar-refractivity contribution in [1.82, 2.24) is 0 Å². The fourth-order valence-corrected chi connectivity index (χ4v) is 1.65. The summed E-state index contributed by atoms with van der Waals surface area (Å²) in [7, 11) is 0. The number of nitrogen functional groups attached to an aromatic ring is 1. The van der Waals surface area contributed by atoms with Crippen molar-refractivity contribution >= 4 is 17.2 Å². The van der Waals surface area contributed by atoms with Crippen molar-refractivity contribution in [1.29, 1.82) is 0 Å². The molecule has 100 valence electrons. The highest BCUT2D eigenvalue weighted by Gasteiger charge is 2.30. The summed E-state index contributed by atoms with van der Waals surface area (Å²) in [5, 5.41) is 0. The molecule has 0 fully saturated rings. The van der Waals surface area contributed by atoms with Gasteiger partial charge in [-0.2, -0.15) is 13.2 Å². The van der Waals surface area contributed by atoms with Gasteiger partial charge in [-0.3, -0.25) is 4.79 Å². The first-order chi connectivity index (χ1) is 8.24. The largest absolute Gasteiger partial charge is 0.405 e. The third kappa shape index (κ3) is 3.65. The number of ketones is 1. The first-order valence-corrected chi connectivity index (χ1v) is 5.46. The van der Waals surface area contributed by atoms with Crippen molar-refractivity contribution in [3.05, 3.63) is 23.8 Å². The number of anilines is 2. The van der Waals surface area contributed by atoms with Gasteiger partial charge in [0, 0.05) is 23.5 Å². The molecule has 0 aliphatic heterocycles. The van der Waals surface area contributed by atoms with Crippen LogP contribution in [-0.2, 0) is 0 Å². The van der Waals surface area contributed by atoms with Crippen LogP contribution in [-0.4, -0.2) is 25.0 Å². The van der Waals surface area contributed by atoms with Gasteiger partial charge in [0.15, 0.2) is 5.78 Å². The van der Waals surface area contributed by atoms with E-state index in [1.807, 2.05) is 0 Å². The Bertz CT molecular complexity index is 443. The van der Waals surface area contributed by atoms with Gasteiger partial charge in [0.1, 0.15) is 6.54 Å². The Labute approximate surface area is 103 Å². The second-order valence-corrected chi connectivity index (χ2v) is 3.96. The fraction of sp³-hybridized carbons (Fsp3) is 0.417. The molecular formula is C12H15F3N2O. The van der Waals surface area contributed by atoms with E-state index in [1.165, 1.54) is 25.1 Å². The lowest BCUT2D eigenvalue weighted by Crippen LogP contribution is -2.34. The van der Waals surface area contributed by atoms with Gasteiger partial charge in [-0.1, -0.05) is 0 Å². The number of rotatable bonds is 4. The van der Waals surface area contributed by atoms with Crippen LogP contribution in [0.15, 0.2) is 18.2 Å². The first-order valence-electron chi connectivity index (χ1n) is 5.46. The molecule has 1 rings (SSSR count). The van der Waals surface area contributed by atoms with Crippen LogP contribution < -0.4 is 10.6 Å². The Balaban J connectivity index is 3.07. The summed E-state index contributed by atoms with van der Waals surface area (Å²) >= 11 is 0. The maximum Gasteiger partial charge on any atom is 0.405 e. The second kappa shape index (κ2) is 5.29. The number of nitrogens with two attached hydrogens (primary N) is 1. The van der Waals surface area contributed by atoms with Crippen LogP contribution in [0.2, 0.25) is 0 Å². The zero-order valence-corrected chi connectivity index (χ0v) is 10.2. The average Bonchev–Trinajstić information content (AvgIpc) is 2.25. The van der Waals surface area contributed by atoms with Crippen molar-refractivity contribution in [3.63, 3.8) is 0 Å². The number of hydrogen-bond donors (Lipinski definition) is 1. The number of halogens is 3. The molecule has 3 nitrogen and oxygen atoms in total. The maximum atomic E-state index is 12.4. The summed E-state index contributed by atoms with van der Waals surface area (Å²) in [6, 6.07) is 4.33. The highest BCUT2D eigenvalue weighted by atomic mass is 19.4. The summed E-state index contributed by atoms with van der Waals surface area (Å²) < 4.78 is 37.2. The summed E-state index contributed by atoms with van der Waals surface area (Å²) in [5.74, 6) is -0.266. The Morgan fingerprint density at radius 3 is 2.44 bits per heavy atom. The molecule has 0 bridgehead atoms. The molecule has 1 aromatic rings. The number of nitrogens with zero attached hydrogens (tertiary/aromatic N) is 1. The third-order valence-corrected chi connectivity index (χ3v) is 2.53.